The Morgan fingerprint density at radius 2 is 1.33 bits per heavy atom. The molecular formula is C22H25FN4. The molecule has 1 saturated heterocycles. The third-order valence-corrected chi connectivity index (χ3v) is 5.06. The molecular weight excluding hydrogens is 339 g/mol. The monoisotopic (exact) mass is 364 g/mol. The van der Waals surface area contributed by atoms with Gasteiger partial charge < -0.3 is 0 Å². The number of piperazine rings is 1. The second kappa shape index (κ2) is 8.46. The van der Waals surface area contributed by atoms with Crippen LogP contribution in [0.25, 0.3) is 0 Å². The number of hydrogen-bond donors (Lipinski definition) is 0. The molecule has 0 aliphatic carbocycles. The molecule has 140 valence electrons. The lowest BCUT2D eigenvalue weighted by atomic mass is 10.1. The van der Waals surface area contributed by atoms with E-state index in [2.05, 4.69) is 39.2 Å². The Bertz CT molecular complexity index is 854. The summed E-state index contributed by atoms with van der Waals surface area (Å²) in [6, 6.07) is 17.6. The van der Waals surface area contributed by atoms with Crippen LogP contribution >= 0.6 is 0 Å². The van der Waals surface area contributed by atoms with E-state index in [1.807, 2.05) is 29.2 Å². The van der Waals surface area contributed by atoms with Crippen molar-refractivity contribution in [3.05, 3.63) is 89.5 Å². The Labute approximate surface area is 159 Å². The lowest BCUT2D eigenvalue weighted by Gasteiger charge is -2.34. The summed E-state index contributed by atoms with van der Waals surface area (Å²) < 4.78 is 15.3. The number of hydrogen-bond acceptors (Lipinski definition) is 3. The first-order chi connectivity index (χ1) is 13.2. The number of rotatable bonds is 6. The Morgan fingerprint density at radius 1 is 0.741 bits per heavy atom. The number of nitrogens with zero attached hydrogens (tertiary/aromatic N) is 4. The normalized spacial score (nSPS) is 15.9. The first-order valence-corrected chi connectivity index (χ1v) is 9.49. The van der Waals surface area contributed by atoms with E-state index in [1.54, 1.807) is 12.1 Å². The van der Waals surface area contributed by atoms with Crippen LogP contribution < -0.4 is 0 Å². The van der Waals surface area contributed by atoms with Crippen LogP contribution in [0.2, 0.25) is 0 Å². The predicted octanol–water partition coefficient (Wildman–Crippen LogP) is 3.39. The van der Waals surface area contributed by atoms with Gasteiger partial charge in [0.2, 0.25) is 0 Å². The lowest BCUT2D eigenvalue weighted by molar-refractivity contribution is 0.122. The summed E-state index contributed by atoms with van der Waals surface area (Å²) in [4.78, 5) is 4.90. The molecule has 1 aliphatic rings. The zero-order valence-corrected chi connectivity index (χ0v) is 15.5. The fourth-order valence-corrected chi connectivity index (χ4v) is 3.66. The van der Waals surface area contributed by atoms with Crippen LogP contribution in [0, 0.1) is 5.82 Å². The van der Waals surface area contributed by atoms with Gasteiger partial charge in [0.15, 0.2) is 0 Å². The molecule has 0 N–H and O–H groups in total. The highest BCUT2D eigenvalue weighted by molar-refractivity contribution is 5.24. The zero-order chi connectivity index (χ0) is 18.5. The molecule has 0 atom stereocenters. The average Bonchev–Trinajstić information content (AvgIpc) is 3.17. The summed E-state index contributed by atoms with van der Waals surface area (Å²) in [6.45, 7) is 6.72. The number of benzene rings is 2. The molecule has 0 unspecified atom stereocenters. The average molecular weight is 364 g/mol. The van der Waals surface area contributed by atoms with Crippen molar-refractivity contribution in [1.29, 1.82) is 0 Å². The molecule has 3 aromatic rings. The molecule has 1 fully saturated rings. The van der Waals surface area contributed by atoms with Gasteiger partial charge in [-0.1, -0.05) is 36.4 Å². The zero-order valence-electron chi connectivity index (χ0n) is 15.5. The predicted molar refractivity (Wildman–Crippen MR) is 105 cm³/mol. The Morgan fingerprint density at radius 3 is 1.93 bits per heavy atom. The van der Waals surface area contributed by atoms with E-state index in [0.29, 0.717) is 0 Å². The van der Waals surface area contributed by atoms with Crippen molar-refractivity contribution < 1.29 is 4.39 Å². The van der Waals surface area contributed by atoms with Gasteiger partial charge in [-0.25, -0.2) is 4.39 Å². The highest BCUT2D eigenvalue weighted by atomic mass is 19.1. The maximum atomic E-state index is 13.3. The van der Waals surface area contributed by atoms with Crippen LogP contribution in [0.5, 0.6) is 0 Å². The van der Waals surface area contributed by atoms with Gasteiger partial charge in [0.05, 0.1) is 6.54 Å². The van der Waals surface area contributed by atoms with Gasteiger partial charge in [0, 0.05) is 51.7 Å². The maximum absolute atomic E-state index is 13.3. The molecule has 0 spiro atoms. The van der Waals surface area contributed by atoms with Crippen molar-refractivity contribution in [2.24, 2.45) is 0 Å². The molecule has 1 aliphatic heterocycles. The maximum Gasteiger partial charge on any atom is 0.123 e. The lowest BCUT2D eigenvalue weighted by Crippen LogP contribution is -2.45. The van der Waals surface area contributed by atoms with Gasteiger partial charge in [0.25, 0.3) is 0 Å². The molecule has 1 aromatic heterocycles. The Balaban J connectivity index is 1.29. The van der Waals surface area contributed by atoms with Crippen molar-refractivity contribution >= 4 is 0 Å². The van der Waals surface area contributed by atoms with E-state index in [-0.39, 0.29) is 5.82 Å². The summed E-state index contributed by atoms with van der Waals surface area (Å²) >= 11 is 0. The van der Waals surface area contributed by atoms with Crippen LogP contribution in [0.15, 0.2) is 67.0 Å². The molecule has 5 heteroatoms. The fraction of sp³-hybridized carbons (Fsp3) is 0.318. The van der Waals surface area contributed by atoms with E-state index in [4.69, 9.17) is 0 Å². The summed E-state index contributed by atoms with van der Waals surface area (Å²) in [5, 5.41) is 4.28. The number of halogens is 1. The third-order valence-electron chi connectivity index (χ3n) is 5.06. The first-order valence-electron chi connectivity index (χ1n) is 9.49. The van der Waals surface area contributed by atoms with Gasteiger partial charge in [-0.15, -0.1) is 0 Å². The van der Waals surface area contributed by atoms with Gasteiger partial charge in [-0.05, 0) is 34.9 Å². The van der Waals surface area contributed by atoms with E-state index < -0.39 is 0 Å². The van der Waals surface area contributed by atoms with Crippen LogP contribution in [-0.2, 0) is 19.6 Å². The van der Waals surface area contributed by atoms with Crippen molar-refractivity contribution in [2.75, 3.05) is 26.2 Å². The molecule has 2 aromatic carbocycles. The minimum Gasteiger partial charge on any atom is -0.297 e. The minimum absolute atomic E-state index is 0.152. The molecule has 0 amide bonds. The Hall–Kier alpha value is -2.50. The summed E-state index contributed by atoms with van der Waals surface area (Å²) in [5.41, 5.74) is 3.67. The summed E-state index contributed by atoms with van der Waals surface area (Å²) in [5.74, 6) is -0.152. The standard InChI is InChI=1S/C22H25FN4/c23-22-7-2-6-21(15-22)17-26-12-10-25(11-13-26)16-19-4-1-5-20(14-19)18-27-9-3-8-24-27/h1-9,14-15H,10-13,16-18H2. The van der Waals surface area contributed by atoms with Crippen LogP contribution in [0.4, 0.5) is 4.39 Å². The topological polar surface area (TPSA) is 24.3 Å². The smallest absolute Gasteiger partial charge is 0.123 e. The van der Waals surface area contributed by atoms with E-state index in [1.165, 1.54) is 17.2 Å². The molecule has 0 bridgehead atoms. The largest absolute Gasteiger partial charge is 0.297 e. The highest BCUT2D eigenvalue weighted by Gasteiger charge is 2.17. The fourth-order valence-electron chi connectivity index (χ4n) is 3.66. The van der Waals surface area contributed by atoms with Crippen LogP contribution in [0.3, 0.4) is 0 Å². The van der Waals surface area contributed by atoms with Crippen LogP contribution in [-0.4, -0.2) is 45.8 Å². The summed E-state index contributed by atoms with van der Waals surface area (Å²) in [6.07, 6.45) is 3.80. The molecule has 0 saturated carbocycles. The van der Waals surface area contributed by atoms with Crippen molar-refractivity contribution in [3.63, 3.8) is 0 Å². The second-order valence-electron chi connectivity index (χ2n) is 7.21. The quantitative estimate of drug-likeness (QED) is 0.670. The first kappa shape index (κ1) is 17.9. The highest BCUT2D eigenvalue weighted by Crippen LogP contribution is 2.14. The molecule has 2 heterocycles. The second-order valence-corrected chi connectivity index (χ2v) is 7.21. The molecule has 4 rings (SSSR count). The van der Waals surface area contributed by atoms with E-state index >= 15 is 0 Å². The number of aromatic nitrogens is 2. The van der Waals surface area contributed by atoms with Gasteiger partial charge in [-0.2, -0.15) is 5.10 Å². The SMILES string of the molecule is Fc1cccc(CN2CCN(Cc3cccc(Cn4cccn4)c3)CC2)c1. The molecule has 27 heavy (non-hydrogen) atoms. The summed E-state index contributed by atoms with van der Waals surface area (Å²) in [7, 11) is 0. The molecule has 4 nitrogen and oxygen atoms in total. The minimum atomic E-state index is -0.152. The Kier molecular flexibility index (Phi) is 5.61. The van der Waals surface area contributed by atoms with Gasteiger partial charge >= 0.3 is 0 Å². The third kappa shape index (κ3) is 5.02. The van der Waals surface area contributed by atoms with E-state index in [9.17, 15) is 4.39 Å². The molecule has 0 radical (unpaired) electrons. The van der Waals surface area contributed by atoms with Crippen LogP contribution in [0.1, 0.15) is 16.7 Å². The van der Waals surface area contributed by atoms with Crippen molar-refractivity contribution in [3.8, 4) is 0 Å². The van der Waals surface area contributed by atoms with E-state index in [0.717, 1.165) is 51.4 Å². The van der Waals surface area contributed by atoms with Gasteiger partial charge in [0.1, 0.15) is 5.82 Å². The van der Waals surface area contributed by atoms with Crippen molar-refractivity contribution in [2.45, 2.75) is 19.6 Å². The van der Waals surface area contributed by atoms with Crippen molar-refractivity contribution in [1.82, 2.24) is 19.6 Å². The van der Waals surface area contributed by atoms with Gasteiger partial charge in [-0.3, -0.25) is 14.5 Å².